The number of aromatic nitrogens is 3. The zero-order valence-corrected chi connectivity index (χ0v) is 17.4. The third kappa shape index (κ3) is 4.18. The molecule has 4 heterocycles. The molecule has 1 fully saturated rings. The largest absolute Gasteiger partial charge is 0.427 e. The van der Waals surface area contributed by atoms with Crippen molar-refractivity contribution in [3.8, 4) is 0 Å². The van der Waals surface area contributed by atoms with Crippen LogP contribution in [0.4, 0.5) is 5.82 Å². The summed E-state index contributed by atoms with van der Waals surface area (Å²) in [6.07, 6.45) is 1.84. The quantitative estimate of drug-likeness (QED) is 0.679. The van der Waals surface area contributed by atoms with Crippen LogP contribution in [0.1, 0.15) is 51.8 Å². The maximum absolute atomic E-state index is 12.7. The lowest BCUT2D eigenvalue weighted by Crippen LogP contribution is -2.28. The standard InChI is InChI=1S/C20H23N5O3.ClH/c1-11-8-15(14-4-6-21-7-5-14)28-20(27)18(11)19(26)23-16-10-17-22-12(2)9-13(3)25(17)24-16;/h8-10,14,21H,4-7H2,1-3H3,(H,23,24,26);1H. The molecule has 0 bridgehead atoms. The summed E-state index contributed by atoms with van der Waals surface area (Å²) >= 11 is 0. The van der Waals surface area contributed by atoms with Crippen LogP contribution in [0, 0.1) is 20.8 Å². The number of carbonyl (C=O) groups excluding carboxylic acids is 1. The molecule has 0 aliphatic carbocycles. The summed E-state index contributed by atoms with van der Waals surface area (Å²) in [6, 6.07) is 5.40. The summed E-state index contributed by atoms with van der Waals surface area (Å²) < 4.78 is 7.15. The van der Waals surface area contributed by atoms with Crippen molar-refractivity contribution in [2.45, 2.75) is 39.5 Å². The van der Waals surface area contributed by atoms with Crippen LogP contribution in [-0.2, 0) is 0 Å². The van der Waals surface area contributed by atoms with Gasteiger partial charge in [0, 0.05) is 23.4 Å². The Morgan fingerprint density at radius 1 is 1.21 bits per heavy atom. The number of aryl methyl sites for hydroxylation is 3. The Morgan fingerprint density at radius 3 is 2.62 bits per heavy atom. The van der Waals surface area contributed by atoms with Gasteiger partial charge in [-0.1, -0.05) is 0 Å². The Balaban J connectivity index is 0.00000240. The van der Waals surface area contributed by atoms with Crippen LogP contribution in [-0.4, -0.2) is 33.6 Å². The predicted molar refractivity (Wildman–Crippen MR) is 112 cm³/mol. The van der Waals surface area contributed by atoms with E-state index in [2.05, 4.69) is 20.7 Å². The van der Waals surface area contributed by atoms with Crippen molar-refractivity contribution in [1.82, 2.24) is 19.9 Å². The summed E-state index contributed by atoms with van der Waals surface area (Å²) in [5.74, 6) is 0.678. The van der Waals surface area contributed by atoms with Crippen molar-refractivity contribution in [3.05, 3.63) is 56.9 Å². The van der Waals surface area contributed by atoms with E-state index in [1.807, 2.05) is 26.0 Å². The smallest absolute Gasteiger partial charge is 0.349 e. The number of nitrogens with one attached hydrogen (secondary N) is 2. The van der Waals surface area contributed by atoms with Gasteiger partial charge in [0.15, 0.2) is 11.5 Å². The number of carbonyl (C=O) groups is 1. The van der Waals surface area contributed by atoms with Gasteiger partial charge in [0.1, 0.15) is 11.3 Å². The highest BCUT2D eigenvalue weighted by molar-refractivity contribution is 6.04. The summed E-state index contributed by atoms with van der Waals surface area (Å²) in [6.45, 7) is 7.37. The van der Waals surface area contributed by atoms with Gasteiger partial charge in [-0.2, -0.15) is 0 Å². The third-order valence-corrected chi connectivity index (χ3v) is 5.11. The van der Waals surface area contributed by atoms with E-state index in [9.17, 15) is 9.59 Å². The van der Waals surface area contributed by atoms with Crippen LogP contribution in [0.2, 0.25) is 0 Å². The Morgan fingerprint density at radius 2 is 1.93 bits per heavy atom. The third-order valence-electron chi connectivity index (χ3n) is 5.11. The number of fused-ring (bicyclic) bond motifs is 1. The molecular weight excluding hydrogens is 394 g/mol. The molecule has 8 nitrogen and oxygen atoms in total. The van der Waals surface area contributed by atoms with Crippen molar-refractivity contribution in [2.24, 2.45) is 0 Å². The number of rotatable bonds is 3. The average molecular weight is 418 g/mol. The van der Waals surface area contributed by atoms with Crippen molar-refractivity contribution >= 4 is 29.8 Å². The first kappa shape index (κ1) is 21.0. The van der Waals surface area contributed by atoms with Crippen LogP contribution in [0.5, 0.6) is 0 Å². The lowest BCUT2D eigenvalue weighted by atomic mass is 9.94. The molecular formula is C20H24ClN5O3. The van der Waals surface area contributed by atoms with Gasteiger partial charge in [-0.3, -0.25) is 4.79 Å². The Kier molecular flexibility index (Phi) is 6.04. The summed E-state index contributed by atoms with van der Waals surface area (Å²) in [7, 11) is 0. The molecule has 0 aromatic carbocycles. The molecule has 0 radical (unpaired) electrons. The van der Waals surface area contributed by atoms with E-state index in [0.717, 1.165) is 37.3 Å². The molecule has 1 aliphatic heterocycles. The van der Waals surface area contributed by atoms with Crippen LogP contribution < -0.4 is 16.3 Å². The van der Waals surface area contributed by atoms with Crippen molar-refractivity contribution in [3.63, 3.8) is 0 Å². The molecule has 154 valence electrons. The summed E-state index contributed by atoms with van der Waals surface area (Å²) in [5.41, 5.74) is 2.42. The Bertz CT molecular complexity index is 1120. The molecule has 0 unspecified atom stereocenters. The fourth-order valence-electron chi connectivity index (χ4n) is 3.74. The minimum absolute atomic E-state index is 0. The molecule has 4 rings (SSSR count). The number of nitrogens with zero attached hydrogens (tertiary/aromatic N) is 3. The van der Waals surface area contributed by atoms with Gasteiger partial charge in [-0.25, -0.2) is 14.3 Å². The van der Waals surface area contributed by atoms with Gasteiger partial charge < -0.3 is 15.1 Å². The van der Waals surface area contributed by atoms with Crippen molar-refractivity contribution in [1.29, 1.82) is 0 Å². The van der Waals surface area contributed by atoms with Crippen molar-refractivity contribution < 1.29 is 9.21 Å². The number of anilines is 1. The second-order valence-corrected chi connectivity index (χ2v) is 7.31. The maximum atomic E-state index is 12.7. The zero-order chi connectivity index (χ0) is 19.8. The maximum Gasteiger partial charge on any atom is 0.349 e. The van der Waals surface area contributed by atoms with E-state index in [1.54, 1.807) is 17.5 Å². The average Bonchev–Trinajstić information content (AvgIpc) is 3.04. The normalized spacial score (nSPS) is 14.6. The van der Waals surface area contributed by atoms with Gasteiger partial charge in [0.2, 0.25) is 0 Å². The molecule has 9 heteroatoms. The first-order valence-corrected chi connectivity index (χ1v) is 9.43. The lowest BCUT2D eigenvalue weighted by molar-refractivity contribution is 0.102. The van der Waals surface area contributed by atoms with E-state index in [0.29, 0.717) is 22.8 Å². The first-order chi connectivity index (χ1) is 13.4. The molecule has 3 aromatic heterocycles. The molecule has 29 heavy (non-hydrogen) atoms. The Hall–Kier alpha value is -2.71. The van der Waals surface area contributed by atoms with Gasteiger partial charge >= 0.3 is 5.63 Å². The van der Waals surface area contributed by atoms with Crippen molar-refractivity contribution in [2.75, 3.05) is 18.4 Å². The highest BCUT2D eigenvalue weighted by atomic mass is 35.5. The molecule has 0 spiro atoms. The summed E-state index contributed by atoms with van der Waals surface area (Å²) in [5, 5.41) is 10.3. The van der Waals surface area contributed by atoms with E-state index in [1.165, 1.54) is 0 Å². The van der Waals surface area contributed by atoms with Crippen LogP contribution in [0.3, 0.4) is 0 Å². The fourth-order valence-corrected chi connectivity index (χ4v) is 3.74. The molecule has 2 N–H and O–H groups in total. The highest BCUT2D eigenvalue weighted by Gasteiger charge is 2.23. The molecule has 1 aliphatic rings. The van der Waals surface area contributed by atoms with Gasteiger partial charge in [0.05, 0.1) is 0 Å². The number of hydrogen-bond acceptors (Lipinski definition) is 6. The van der Waals surface area contributed by atoms with E-state index < -0.39 is 11.5 Å². The van der Waals surface area contributed by atoms with Gasteiger partial charge in [-0.05, 0) is 64.4 Å². The van der Waals surface area contributed by atoms with Crippen LogP contribution in [0.15, 0.2) is 27.4 Å². The monoisotopic (exact) mass is 417 g/mol. The molecule has 1 saturated heterocycles. The molecule has 0 saturated carbocycles. The predicted octanol–water partition coefficient (Wildman–Crippen LogP) is 2.75. The lowest BCUT2D eigenvalue weighted by Gasteiger charge is -2.21. The van der Waals surface area contributed by atoms with Crippen LogP contribution >= 0.6 is 12.4 Å². The number of hydrogen-bond donors (Lipinski definition) is 2. The SMILES string of the molecule is Cc1cc(C)n2nc(NC(=O)c3c(C)cc(C4CCNCC4)oc3=O)cc2n1.Cl. The second kappa shape index (κ2) is 8.34. The molecule has 1 amide bonds. The second-order valence-electron chi connectivity index (χ2n) is 7.31. The van der Waals surface area contributed by atoms with E-state index in [4.69, 9.17) is 4.42 Å². The Labute approximate surface area is 174 Å². The zero-order valence-electron chi connectivity index (χ0n) is 16.6. The number of amides is 1. The molecule has 0 atom stereocenters. The topological polar surface area (TPSA) is 102 Å². The number of halogens is 1. The fraction of sp³-hybridized carbons (Fsp3) is 0.400. The summed E-state index contributed by atoms with van der Waals surface area (Å²) in [4.78, 5) is 29.6. The highest BCUT2D eigenvalue weighted by Crippen LogP contribution is 2.25. The van der Waals surface area contributed by atoms with Gasteiger partial charge in [0.25, 0.3) is 5.91 Å². The minimum Gasteiger partial charge on any atom is -0.427 e. The van der Waals surface area contributed by atoms with E-state index in [-0.39, 0.29) is 23.9 Å². The first-order valence-electron chi connectivity index (χ1n) is 9.43. The van der Waals surface area contributed by atoms with Crippen LogP contribution in [0.25, 0.3) is 5.65 Å². The molecule has 3 aromatic rings. The minimum atomic E-state index is -0.611. The van der Waals surface area contributed by atoms with E-state index >= 15 is 0 Å². The van der Waals surface area contributed by atoms with Gasteiger partial charge in [-0.15, -0.1) is 17.5 Å². The number of piperidine rings is 1.